The summed E-state index contributed by atoms with van der Waals surface area (Å²) in [7, 11) is -7.10. The SMILES string of the molecule is CSc1ncc2c(NCCc3cccc(S(=O)(=O)F)c3)nc(-c3cccc4ccc(F)c(C#C[Si](C(C)C)(C(C)C)C(C)C)c34)c(F)c2n1. The van der Waals surface area contributed by atoms with Gasteiger partial charge in [-0.3, -0.25) is 0 Å². The first kappa shape index (κ1) is 36.4. The monoisotopic (exact) mass is 720 g/mol. The summed E-state index contributed by atoms with van der Waals surface area (Å²) < 4.78 is 69.0. The summed E-state index contributed by atoms with van der Waals surface area (Å²) >= 11 is 1.27. The van der Waals surface area contributed by atoms with E-state index < -0.39 is 34.8 Å². The first-order valence-electron chi connectivity index (χ1n) is 16.1. The third kappa shape index (κ3) is 7.20. The summed E-state index contributed by atoms with van der Waals surface area (Å²) in [5.74, 6) is 2.41. The molecule has 5 rings (SSSR count). The minimum Gasteiger partial charge on any atom is -0.369 e. The standard InChI is InChI=1S/C37H39F3N4O2S2Si/c1-22(2)49(23(3)4,24(5)6)19-17-28-31(38)15-14-26-11-9-13-29(32(26)28)34-33(39)35-30(21-42-37(44-35)47-7)36(43-34)41-18-16-25-10-8-12-27(20-25)48(40,45)46/h8-15,20-24H,16,18H2,1-7H3,(H,41,43). The number of benzene rings is 3. The summed E-state index contributed by atoms with van der Waals surface area (Å²) in [5.41, 5.74) is 5.81. The van der Waals surface area contributed by atoms with Crippen LogP contribution < -0.4 is 5.32 Å². The van der Waals surface area contributed by atoms with Gasteiger partial charge in [-0.25, -0.2) is 23.7 Å². The van der Waals surface area contributed by atoms with Crippen molar-refractivity contribution >= 4 is 57.6 Å². The van der Waals surface area contributed by atoms with E-state index in [-0.39, 0.29) is 23.3 Å². The van der Waals surface area contributed by atoms with Crippen LogP contribution in [0.3, 0.4) is 0 Å². The predicted octanol–water partition coefficient (Wildman–Crippen LogP) is 9.73. The Balaban J connectivity index is 1.69. The second-order valence-corrected chi connectivity index (χ2v) is 20.7. The third-order valence-corrected chi connectivity index (χ3v) is 16.9. The van der Waals surface area contributed by atoms with Gasteiger partial charge < -0.3 is 5.32 Å². The maximum Gasteiger partial charge on any atom is 0.332 e. The van der Waals surface area contributed by atoms with Gasteiger partial charge in [0.25, 0.3) is 0 Å². The Morgan fingerprint density at radius 2 is 1.63 bits per heavy atom. The molecule has 5 aromatic rings. The lowest BCUT2D eigenvalue weighted by Gasteiger charge is -2.38. The Hall–Kier alpha value is -3.92. The molecule has 12 heteroatoms. The van der Waals surface area contributed by atoms with Crippen molar-refractivity contribution < 1.29 is 21.1 Å². The van der Waals surface area contributed by atoms with Crippen LogP contribution in [0, 0.1) is 23.1 Å². The van der Waals surface area contributed by atoms with Crippen LogP contribution in [0.1, 0.15) is 52.7 Å². The quantitative estimate of drug-likeness (QED) is 0.0506. The molecule has 0 unspecified atom stereocenters. The normalized spacial score (nSPS) is 12.3. The van der Waals surface area contributed by atoms with Crippen LogP contribution in [0.25, 0.3) is 32.9 Å². The van der Waals surface area contributed by atoms with Crippen molar-refractivity contribution in [1.82, 2.24) is 15.0 Å². The molecule has 0 aliphatic rings. The Morgan fingerprint density at radius 3 is 2.29 bits per heavy atom. The Morgan fingerprint density at radius 1 is 0.939 bits per heavy atom. The van der Waals surface area contributed by atoms with Gasteiger partial charge in [-0.05, 0) is 58.4 Å². The lowest BCUT2D eigenvalue weighted by atomic mass is 9.96. The molecule has 0 saturated heterocycles. The second-order valence-electron chi connectivity index (χ2n) is 13.0. The van der Waals surface area contributed by atoms with Gasteiger partial charge in [0.2, 0.25) is 0 Å². The molecule has 0 aliphatic carbocycles. The molecule has 3 aromatic carbocycles. The van der Waals surface area contributed by atoms with E-state index in [1.165, 1.54) is 42.2 Å². The van der Waals surface area contributed by atoms with Crippen molar-refractivity contribution in [1.29, 1.82) is 0 Å². The highest BCUT2D eigenvalue weighted by Gasteiger charge is 2.41. The molecule has 0 amide bonds. The Bertz CT molecular complexity index is 2200. The van der Waals surface area contributed by atoms with E-state index in [9.17, 15) is 12.3 Å². The summed E-state index contributed by atoms with van der Waals surface area (Å²) in [6.07, 6.45) is 3.61. The maximum absolute atomic E-state index is 16.6. The van der Waals surface area contributed by atoms with Crippen LogP contribution in [0.4, 0.5) is 18.5 Å². The highest BCUT2D eigenvalue weighted by Crippen LogP contribution is 2.42. The van der Waals surface area contributed by atoms with Crippen molar-refractivity contribution in [3.8, 4) is 22.7 Å². The number of hydrogen-bond donors (Lipinski definition) is 1. The lowest BCUT2D eigenvalue weighted by Crippen LogP contribution is -2.43. The average Bonchev–Trinajstić information content (AvgIpc) is 3.05. The van der Waals surface area contributed by atoms with Gasteiger partial charge in [0.05, 0.1) is 15.8 Å². The number of nitrogens with zero attached hydrogens (tertiary/aromatic N) is 3. The summed E-state index contributed by atoms with van der Waals surface area (Å²) in [6, 6.07) is 14.0. The number of halogens is 3. The van der Waals surface area contributed by atoms with E-state index in [0.717, 1.165) is 0 Å². The van der Waals surface area contributed by atoms with Crippen LogP contribution in [-0.2, 0) is 16.6 Å². The molecule has 256 valence electrons. The molecule has 0 aliphatic heterocycles. The highest BCUT2D eigenvalue weighted by molar-refractivity contribution is 7.98. The zero-order valence-corrected chi connectivity index (χ0v) is 31.2. The van der Waals surface area contributed by atoms with Crippen molar-refractivity contribution in [3.05, 3.63) is 83.6 Å². The zero-order valence-electron chi connectivity index (χ0n) is 28.5. The molecule has 0 saturated carbocycles. The van der Waals surface area contributed by atoms with E-state index in [4.69, 9.17) is 4.98 Å². The third-order valence-electron chi connectivity index (χ3n) is 9.25. The summed E-state index contributed by atoms with van der Waals surface area (Å²) in [5, 5.41) is 5.09. The van der Waals surface area contributed by atoms with Gasteiger partial charge in [0, 0.05) is 23.7 Å². The van der Waals surface area contributed by atoms with Crippen molar-refractivity contribution in [2.24, 2.45) is 0 Å². The van der Waals surface area contributed by atoms with E-state index in [0.29, 0.717) is 61.3 Å². The predicted molar refractivity (Wildman–Crippen MR) is 197 cm³/mol. The number of rotatable bonds is 10. The molecule has 49 heavy (non-hydrogen) atoms. The molecular formula is C37H39F3N4O2S2Si. The van der Waals surface area contributed by atoms with Gasteiger partial charge in [0.15, 0.2) is 11.0 Å². The zero-order chi connectivity index (χ0) is 35.7. The molecule has 0 spiro atoms. The lowest BCUT2D eigenvalue weighted by molar-refractivity contribution is 0.552. The largest absolute Gasteiger partial charge is 0.369 e. The van der Waals surface area contributed by atoms with Crippen molar-refractivity contribution in [3.63, 3.8) is 0 Å². The molecule has 0 atom stereocenters. The van der Waals surface area contributed by atoms with Crippen LogP contribution in [0.15, 0.2) is 70.8 Å². The van der Waals surface area contributed by atoms with Crippen LogP contribution in [0.5, 0.6) is 0 Å². The number of pyridine rings is 1. The van der Waals surface area contributed by atoms with Crippen molar-refractivity contribution in [2.45, 2.75) is 74.6 Å². The molecule has 2 heterocycles. The molecule has 1 N–H and O–H groups in total. The average molecular weight is 721 g/mol. The Kier molecular flexibility index (Phi) is 10.8. The van der Waals surface area contributed by atoms with Crippen LogP contribution in [-0.4, -0.2) is 44.2 Å². The number of thioether (sulfide) groups is 1. The molecule has 2 aromatic heterocycles. The van der Waals surface area contributed by atoms with Gasteiger partial charge >= 0.3 is 10.2 Å². The number of hydrogen-bond acceptors (Lipinski definition) is 7. The fraction of sp³-hybridized carbons (Fsp3) is 0.324. The van der Waals surface area contributed by atoms with Gasteiger partial charge in [-0.2, -0.15) is 8.42 Å². The van der Waals surface area contributed by atoms with Crippen LogP contribution >= 0.6 is 11.8 Å². The van der Waals surface area contributed by atoms with Gasteiger partial charge in [0.1, 0.15) is 30.9 Å². The number of fused-ring (bicyclic) bond motifs is 2. The van der Waals surface area contributed by atoms with Crippen LogP contribution in [0.2, 0.25) is 16.6 Å². The van der Waals surface area contributed by atoms with E-state index in [1.54, 1.807) is 30.5 Å². The summed E-state index contributed by atoms with van der Waals surface area (Å²) in [6.45, 7) is 13.4. The topological polar surface area (TPSA) is 84.8 Å². The number of nitrogens with one attached hydrogen (secondary N) is 1. The molecule has 0 bridgehead atoms. The number of aromatic nitrogens is 3. The van der Waals surface area contributed by atoms with Gasteiger partial charge in [-0.1, -0.05) is 95.6 Å². The van der Waals surface area contributed by atoms with E-state index >= 15 is 8.78 Å². The first-order valence-corrected chi connectivity index (χ1v) is 21.0. The van der Waals surface area contributed by atoms with E-state index in [2.05, 4.69) is 68.3 Å². The molecule has 0 fully saturated rings. The first-order chi connectivity index (χ1) is 23.2. The molecule has 0 radical (unpaired) electrons. The fourth-order valence-corrected chi connectivity index (χ4v) is 13.0. The minimum atomic E-state index is -4.86. The second kappa shape index (κ2) is 14.5. The smallest absolute Gasteiger partial charge is 0.332 e. The maximum atomic E-state index is 16.6. The minimum absolute atomic E-state index is 0.0226. The van der Waals surface area contributed by atoms with Crippen molar-refractivity contribution in [2.75, 3.05) is 18.1 Å². The summed E-state index contributed by atoms with van der Waals surface area (Å²) in [4.78, 5) is 13.1. The molecular weight excluding hydrogens is 682 g/mol. The fourth-order valence-electron chi connectivity index (χ4n) is 6.91. The van der Waals surface area contributed by atoms with Gasteiger partial charge in [-0.15, -0.1) is 9.43 Å². The Labute approximate surface area is 291 Å². The molecule has 6 nitrogen and oxygen atoms in total. The van der Waals surface area contributed by atoms with E-state index in [1.807, 2.05) is 6.07 Å². The number of anilines is 1. The highest BCUT2D eigenvalue weighted by atomic mass is 32.3.